The number of aliphatic carboxylic acids is 1. The Morgan fingerprint density at radius 3 is 2.08 bits per heavy atom. The first kappa shape index (κ1) is 29.4. The van der Waals surface area contributed by atoms with Crippen molar-refractivity contribution in [2.75, 3.05) is 13.1 Å². The Morgan fingerprint density at radius 1 is 1.05 bits per heavy atom. The topological polar surface area (TPSA) is 92.9 Å². The van der Waals surface area contributed by atoms with Crippen LogP contribution in [0.1, 0.15) is 55.0 Å². The molecule has 0 bridgehead atoms. The van der Waals surface area contributed by atoms with E-state index >= 15 is 0 Å². The maximum atomic E-state index is 13.4. The number of primary amides is 1. The van der Waals surface area contributed by atoms with Crippen LogP contribution in [0.4, 0.5) is 26.3 Å². The summed E-state index contributed by atoms with van der Waals surface area (Å²) >= 11 is 0. The number of carboxylic acid groups (broad SMARTS) is 1. The van der Waals surface area contributed by atoms with Gasteiger partial charge in [-0.1, -0.05) is 30.3 Å². The number of nitrogens with zero attached hydrogens (tertiary/aromatic N) is 1. The molecule has 1 aliphatic rings. The minimum atomic E-state index is -5.01. The molecule has 4 atom stereocenters. The lowest BCUT2D eigenvalue weighted by Crippen LogP contribution is -2.60. The first-order valence-electron chi connectivity index (χ1n) is 11.8. The molecule has 3 rings (SSSR count). The number of piperidine rings is 1. The molecule has 12 heteroatoms. The standard InChI is InChI=1S/C26H28F6N2O4/c1-15(18-10-20(25(27,28)29)12-21(11-18)26(30,31)32)38-16(2)24(19-6-4-3-5-7-19)9-8-17(23(36)37)13-34(24)14-22(33)35/h3-7,10-12,15-17H,8-9,13-14H2,1-2H3,(H2,33,35)(H,36,37)/t15-,16?,17+,24-/m1/s1. The normalized spacial score (nSPS) is 22.6. The number of amides is 1. The summed E-state index contributed by atoms with van der Waals surface area (Å²) in [5.41, 5.74) is 1.73. The number of carbonyl (C=O) groups is 2. The lowest BCUT2D eigenvalue weighted by Gasteiger charge is -2.52. The molecule has 1 unspecified atom stereocenters. The molecule has 3 N–H and O–H groups in total. The van der Waals surface area contributed by atoms with Crippen LogP contribution in [-0.2, 0) is 32.2 Å². The van der Waals surface area contributed by atoms with Crippen LogP contribution >= 0.6 is 0 Å². The number of nitrogens with two attached hydrogens (primary N) is 1. The Bertz CT molecular complexity index is 1120. The average molecular weight is 547 g/mol. The van der Waals surface area contributed by atoms with Gasteiger partial charge in [0.05, 0.1) is 41.3 Å². The fourth-order valence-corrected chi connectivity index (χ4v) is 5.13. The van der Waals surface area contributed by atoms with Gasteiger partial charge in [-0.25, -0.2) is 0 Å². The third-order valence-corrected chi connectivity index (χ3v) is 7.01. The smallest absolute Gasteiger partial charge is 0.416 e. The van der Waals surface area contributed by atoms with Crippen LogP contribution in [0, 0.1) is 5.92 Å². The first-order chi connectivity index (χ1) is 17.6. The van der Waals surface area contributed by atoms with Gasteiger partial charge in [0.1, 0.15) is 0 Å². The fourth-order valence-electron chi connectivity index (χ4n) is 5.13. The van der Waals surface area contributed by atoms with Crippen LogP contribution < -0.4 is 5.73 Å². The zero-order chi connectivity index (χ0) is 28.5. The van der Waals surface area contributed by atoms with Crippen molar-refractivity contribution in [2.24, 2.45) is 11.7 Å². The van der Waals surface area contributed by atoms with Gasteiger partial charge >= 0.3 is 18.3 Å². The highest BCUT2D eigenvalue weighted by atomic mass is 19.4. The summed E-state index contributed by atoms with van der Waals surface area (Å²) in [6, 6.07) is 9.95. The molecular formula is C26H28F6N2O4. The van der Waals surface area contributed by atoms with Crippen molar-refractivity contribution in [3.8, 4) is 0 Å². The molecule has 0 saturated carbocycles. The Balaban J connectivity index is 2.06. The molecular weight excluding hydrogens is 518 g/mol. The van der Waals surface area contributed by atoms with E-state index in [0.717, 1.165) is 0 Å². The van der Waals surface area contributed by atoms with Crippen molar-refractivity contribution in [2.45, 2.75) is 56.8 Å². The molecule has 0 aliphatic carbocycles. The largest absolute Gasteiger partial charge is 0.481 e. The van der Waals surface area contributed by atoms with Crippen molar-refractivity contribution in [1.82, 2.24) is 4.90 Å². The van der Waals surface area contributed by atoms with Crippen molar-refractivity contribution < 1.29 is 45.8 Å². The van der Waals surface area contributed by atoms with Crippen molar-refractivity contribution in [3.05, 3.63) is 70.8 Å². The first-order valence-corrected chi connectivity index (χ1v) is 11.8. The Morgan fingerprint density at radius 2 is 1.61 bits per heavy atom. The third-order valence-electron chi connectivity index (χ3n) is 7.01. The van der Waals surface area contributed by atoms with Crippen LogP contribution in [0.15, 0.2) is 48.5 Å². The molecule has 1 saturated heterocycles. The summed E-state index contributed by atoms with van der Waals surface area (Å²) in [5, 5.41) is 9.59. The van der Waals surface area contributed by atoms with Gasteiger partial charge in [-0.2, -0.15) is 26.3 Å². The number of rotatable bonds is 8. The van der Waals surface area contributed by atoms with Crippen LogP contribution in [0.5, 0.6) is 0 Å². The number of halogens is 6. The SMILES string of the molecule is CC(O[C@H](C)c1cc(C(F)(F)F)cc(C(F)(F)F)c1)[C@@]1(c2ccccc2)CC[C@H](C(=O)O)CN1CC(N)=O. The zero-order valence-corrected chi connectivity index (χ0v) is 20.6. The minimum Gasteiger partial charge on any atom is -0.481 e. The fraction of sp³-hybridized carbons (Fsp3) is 0.462. The van der Waals surface area contributed by atoms with E-state index < -0.39 is 59.0 Å². The van der Waals surface area contributed by atoms with E-state index in [9.17, 15) is 41.0 Å². The summed E-state index contributed by atoms with van der Waals surface area (Å²) in [4.78, 5) is 25.3. The molecule has 1 fully saturated rings. The van der Waals surface area contributed by atoms with Gasteiger partial charge in [0.25, 0.3) is 0 Å². The summed E-state index contributed by atoms with van der Waals surface area (Å²) in [6.07, 6.45) is -11.8. The number of hydrogen-bond donors (Lipinski definition) is 2. The summed E-state index contributed by atoms with van der Waals surface area (Å²) in [6.45, 7) is 2.54. The van der Waals surface area contributed by atoms with Gasteiger partial charge < -0.3 is 15.6 Å². The molecule has 6 nitrogen and oxygen atoms in total. The lowest BCUT2D eigenvalue weighted by atomic mass is 9.73. The number of likely N-dealkylation sites (tertiary alicyclic amines) is 1. The number of ether oxygens (including phenoxy) is 1. The number of benzene rings is 2. The van der Waals surface area contributed by atoms with E-state index in [2.05, 4.69) is 0 Å². The maximum absolute atomic E-state index is 13.4. The molecule has 2 aromatic rings. The highest BCUT2D eigenvalue weighted by Crippen LogP contribution is 2.45. The van der Waals surface area contributed by atoms with Gasteiger partial charge in [0, 0.05) is 6.54 Å². The summed E-state index contributed by atoms with van der Waals surface area (Å²) < 4.78 is 86.5. The Labute approximate surface area is 215 Å². The van der Waals surface area contributed by atoms with Crippen LogP contribution in [0.25, 0.3) is 0 Å². The quantitative estimate of drug-likeness (QED) is 0.435. The maximum Gasteiger partial charge on any atom is 0.416 e. The van der Waals surface area contributed by atoms with Gasteiger partial charge in [-0.05, 0) is 56.0 Å². The predicted molar refractivity (Wildman–Crippen MR) is 125 cm³/mol. The molecule has 1 amide bonds. The van der Waals surface area contributed by atoms with Gasteiger partial charge in [0.15, 0.2) is 0 Å². The van der Waals surface area contributed by atoms with E-state index in [-0.39, 0.29) is 37.6 Å². The zero-order valence-electron chi connectivity index (χ0n) is 20.6. The lowest BCUT2D eigenvalue weighted by molar-refractivity contribution is -0.156. The number of alkyl halides is 6. The van der Waals surface area contributed by atoms with Crippen molar-refractivity contribution in [3.63, 3.8) is 0 Å². The highest BCUT2D eigenvalue weighted by molar-refractivity contribution is 5.76. The van der Waals surface area contributed by atoms with Crippen LogP contribution in [0.3, 0.4) is 0 Å². The van der Waals surface area contributed by atoms with E-state index in [0.29, 0.717) is 17.7 Å². The van der Waals surface area contributed by atoms with E-state index in [1.807, 2.05) is 0 Å². The van der Waals surface area contributed by atoms with Crippen LogP contribution in [0.2, 0.25) is 0 Å². The summed E-state index contributed by atoms with van der Waals surface area (Å²) in [5.74, 6) is -2.61. The molecule has 0 radical (unpaired) electrons. The molecule has 1 aliphatic heterocycles. The average Bonchev–Trinajstić information content (AvgIpc) is 2.82. The van der Waals surface area contributed by atoms with Crippen LogP contribution in [-0.4, -0.2) is 41.1 Å². The predicted octanol–water partition coefficient (Wildman–Crippen LogP) is 5.37. The van der Waals surface area contributed by atoms with Gasteiger partial charge in [-0.3, -0.25) is 14.5 Å². The molecule has 208 valence electrons. The van der Waals surface area contributed by atoms with E-state index in [1.54, 1.807) is 42.2 Å². The van der Waals surface area contributed by atoms with E-state index in [4.69, 9.17) is 10.5 Å². The Hall–Kier alpha value is -3.12. The Kier molecular flexibility index (Phi) is 8.47. The second-order valence-electron chi connectivity index (χ2n) is 9.47. The molecule has 1 heterocycles. The molecule has 0 aromatic heterocycles. The monoisotopic (exact) mass is 546 g/mol. The molecule has 0 spiro atoms. The number of hydrogen-bond acceptors (Lipinski definition) is 4. The second kappa shape index (κ2) is 10.9. The number of carboxylic acids is 1. The van der Waals surface area contributed by atoms with E-state index in [1.165, 1.54) is 6.92 Å². The highest BCUT2D eigenvalue weighted by Gasteiger charge is 2.50. The molecule has 38 heavy (non-hydrogen) atoms. The molecule has 2 aromatic carbocycles. The van der Waals surface area contributed by atoms with Crippen molar-refractivity contribution >= 4 is 11.9 Å². The third kappa shape index (κ3) is 6.29. The number of carbonyl (C=O) groups excluding carboxylic acids is 1. The minimum absolute atomic E-state index is 0.0485. The van der Waals surface area contributed by atoms with Gasteiger partial charge in [0.2, 0.25) is 5.91 Å². The summed E-state index contributed by atoms with van der Waals surface area (Å²) in [7, 11) is 0. The van der Waals surface area contributed by atoms with Gasteiger partial charge in [-0.15, -0.1) is 0 Å². The van der Waals surface area contributed by atoms with Crippen molar-refractivity contribution in [1.29, 1.82) is 0 Å². The second-order valence-corrected chi connectivity index (χ2v) is 9.47.